The van der Waals surface area contributed by atoms with Crippen molar-refractivity contribution in [3.05, 3.63) is 65.3 Å². The van der Waals surface area contributed by atoms with Crippen LogP contribution < -0.4 is 10.5 Å². The number of benzene rings is 2. The highest BCUT2D eigenvalue weighted by atomic mass is 35.5. The van der Waals surface area contributed by atoms with Crippen LogP contribution in [0.2, 0.25) is 5.02 Å². The van der Waals surface area contributed by atoms with E-state index in [-0.39, 0.29) is 0 Å². The molecule has 0 fully saturated rings. The van der Waals surface area contributed by atoms with Crippen molar-refractivity contribution >= 4 is 22.5 Å². The number of hydrogen-bond donors (Lipinski definition) is 1. The zero-order valence-electron chi connectivity index (χ0n) is 10.7. The lowest BCUT2D eigenvalue weighted by atomic mass is 10.2. The van der Waals surface area contributed by atoms with E-state index in [0.29, 0.717) is 17.3 Å². The van der Waals surface area contributed by atoms with Crippen LogP contribution in [0, 0.1) is 0 Å². The van der Waals surface area contributed by atoms with Gasteiger partial charge in [-0.1, -0.05) is 29.8 Å². The molecule has 0 unspecified atom stereocenters. The Kier molecular flexibility index (Phi) is 3.54. The monoisotopic (exact) mass is 284 g/mol. The molecule has 0 bridgehead atoms. The number of nitrogens with zero attached hydrogens (tertiary/aromatic N) is 1. The molecule has 0 radical (unpaired) electrons. The van der Waals surface area contributed by atoms with Gasteiger partial charge in [-0.05, 0) is 30.3 Å². The van der Waals surface area contributed by atoms with Gasteiger partial charge in [0, 0.05) is 28.7 Å². The summed E-state index contributed by atoms with van der Waals surface area (Å²) in [6, 6.07) is 15.2. The molecule has 0 aliphatic carbocycles. The predicted molar refractivity (Wildman–Crippen MR) is 81.2 cm³/mol. The number of hydrogen-bond acceptors (Lipinski definition) is 3. The van der Waals surface area contributed by atoms with Gasteiger partial charge >= 0.3 is 0 Å². The Morgan fingerprint density at radius 2 is 1.85 bits per heavy atom. The SMILES string of the molecule is NCc1c(Cl)cccc1Oc1ccnc2ccccc12. The summed E-state index contributed by atoms with van der Waals surface area (Å²) in [5, 5.41) is 1.57. The number of aromatic nitrogens is 1. The van der Waals surface area contributed by atoms with E-state index in [1.807, 2.05) is 42.5 Å². The van der Waals surface area contributed by atoms with Gasteiger partial charge in [-0.2, -0.15) is 0 Å². The van der Waals surface area contributed by atoms with Crippen molar-refractivity contribution in [2.45, 2.75) is 6.54 Å². The van der Waals surface area contributed by atoms with Crippen LogP contribution in [0.1, 0.15) is 5.56 Å². The molecule has 0 amide bonds. The molecule has 2 N–H and O–H groups in total. The van der Waals surface area contributed by atoms with Crippen molar-refractivity contribution in [3.8, 4) is 11.5 Å². The van der Waals surface area contributed by atoms with Crippen molar-refractivity contribution in [2.75, 3.05) is 0 Å². The number of para-hydroxylation sites is 1. The second-order valence-corrected chi connectivity index (χ2v) is 4.76. The highest BCUT2D eigenvalue weighted by Gasteiger charge is 2.09. The summed E-state index contributed by atoms with van der Waals surface area (Å²) in [5.74, 6) is 1.42. The summed E-state index contributed by atoms with van der Waals surface area (Å²) >= 11 is 6.14. The maximum absolute atomic E-state index is 6.14. The molecule has 3 nitrogen and oxygen atoms in total. The minimum Gasteiger partial charge on any atom is -0.456 e. The smallest absolute Gasteiger partial charge is 0.138 e. The van der Waals surface area contributed by atoms with E-state index in [1.54, 1.807) is 12.3 Å². The summed E-state index contributed by atoms with van der Waals surface area (Å²) in [7, 11) is 0. The Morgan fingerprint density at radius 1 is 1.00 bits per heavy atom. The molecule has 1 aromatic heterocycles. The zero-order chi connectivity index (χ0) is 13.9. The normalized spacial score (nSPS) is 10.7. The molecule has 3 aromatic rings. The van der Waals surface area contributed by atoms with Gasteiger partial charge in [-0.15, -0.1) is 0 Å². The van der Waals surface area contributed by atoms with Gasteiger partial charge < -0.3 is 10.5 Å². The molecular formula is C16H13ClN2O. The summed E-state index contributed by atoms with van der Waals surface area (Å²) in [5.41, 5.74) is 7.43. The van der Waals surface area contributed by atoms with Crippen LogP contribution in [0.4, 0.5) is 0 Å². The van der Waals surface area contributed by atoms with Crippen LogP contribution in [0.25, 0.3) is 10.9 Å². The van der Waals surface area contributed by atoms with Crippen molar-refractivity contribution < 1.29 is 4.74 Å². The highest BCUT2D eigenvalue weighted by molar-refractivity contribution is 6.31. The van der Waals surface area contributed by atoms with Crippen molar-refractivity contribution in [1.29, 1.82) is 0 Å². The van der Waals surface area contributed by atoms with Gasteiger partial charge in [0.15, 0.2) is 0 Å². The van der Waals surface area contributed by atoms with Gasteiger partial charge in [0.2, 0.25) is 0 Å². The Labute approximate surface area is 122 Å². The first-order valence-electron chi connectivity index (χ1n) is 6.28. The van der Waals surface area contributed by atoms with Crippen LogP contribution in [0.5, 0.6) is 11.5 Å². The van der Waals surface area contributed by atoms with Crippen LogP contribution in [-0.2, 0) is 6.54 Å². The molecule has 100 valence electrons. The van der Waals surface area contributed by atoms with Gasteiger partial charge in [0.1, 0.15) is 11.5 Å². The fourth-order valence-corrected chi connectivity index (χ4v) is 2.35. The van der Waals surface area contributed by atoms with E-state index >= 15 is 0 Å². The van der Waals surface area contributed by atoms with Crippen molar-refractivity contribution in [1.82, 2.24) is 4.98 Å². The van der Waals surface area contributed by atoms with Gasteiger partial charge in [0.05, 0.1) is 5.52 Å². The van der Waals surface area contributed by atoms with E-state index in [2.05, 4.69) is 4.98 Å². The molecule has 0 atom stereocenters. The van der Waals surface area contributed by atoms with E-state index < -0.39 is 0 Å². The summed E-state index contributed by atoms with van der Waals surface area (Å²) < 4.78 is 5.99. The van der Waals surface area contributed by atoms with Crippen LogP contribution in [-0.4, -0.2) is 4.98 Å². The standard InChI is InChI=1S/C16H13ClN2O/c17-13-5-3-7-15(12(13)10-18)20-16-8-9-19-14-6-2-1-4-11(14)16/h1-9H,10,18H2. The highest BCUT2D eigenvalue weighted by Crippen LogP contribution is 2.33. The molecule has 0 saturated heterocycles. The first-order valence-corrected chi connectivity index (χ1v) is 6.66. The lowest BCUT2D eigenvalue weighted by Gasteiger charge is -2.12. The maximum Gasteiger partial charge on any atom is 0.138 e. The number of rotatable bonds is 3. The first-order chi connectivity index (χ1) is 9.79. The van der Waals surface area contributed by atoms with Gasteiger partial charge in [0.25, 0.3) is 0 Å². The molecule has 0 aliphatic heterocycles. The number of nitrogens with two attached hydrogens (primary N) is 1. The molecule has 20 heavy (non-hydrogen) atoms. The molecule has 3 rings (SSSR count). The number of pyridine rings is 1. The van der Waals surface area contributed by atoms with Crippen LogP contribution >= 0.6 is 11.6 Å². The minimum absolute atomic E-state index is 0.331. The minimum atomic E-state index is 0.331. The molecule has 2 aromatic carbocycles. The number of halogens is 1. The quantitative estimate of drug-likeness (QED) is 0.786. The third-order valence-corrected chi connectivity index (χ3v) is 3.46. The summed E-state index contributed by atoms with van der Waals surface area (Å²) in [4.78, 5) is 4.31. The van der Waals surface area contributed by atoms with E-state index in [9.17, 15) is 0 Å². The van der Waals surface area contributed by atoms with Crippen LogP contribution in [0.3, 0.4) is 0 Å². The lowest BCUT2D eigenvalue weighted by molar-refractivity contribution is 0.481. The van der Waals surface area contributed by atoms with Crippen LogP contribution in [0.15, 0.2) is 54.7 Å². The summed E-state index contributed by atoms with van der Waals surface area (Å²) in [6.07, 6.45) is 1.73. The van der Waals surface area contributed by atoms with Gasteiger partial charge in [-0.3, -0.25) is 4.98 Å². The molecule has 1 heterocycles. The first kappa shape index (κ1) is 12.9. The third-order valence-electron chi connectivity index (χ3n) is 3.11. The Hall–Kier alpha value is -2.10. The average molecular weight is 285 g/mol. The zero-order valence-corrected chi connectivity index (χ0v) is 11.5. The second kappa shape index (κ2) is 5.49. The van der Waals surface area contributed by atoms with Crippen molar-refractivity contribution in [3.63, 3.8) is 0 Å². The number of ether oxygens (including phenoxy) is 1. The third kappa shape index (κ3) is 2.33. The van der Waals surface area contributed by atoms with E-state index in [4.69, 9.17) is 22.1 Å². The predicted octanol–water partition coefficient (Wildman–Crippen LogP) is 4.14. The topological polar surface area (TPSA) is 48.1 Å². The van der Waals surface area contributed by atoms with E-state index in [1.165, 1.54) is 0 Å². The maximum atomic E-state index is 6.14. The molecular weight excluding hydrogens is 272 g/mol. The summed E-state index contributed by atoms with van der Waals surface area (Å²) in [6.45, 7) is 0.331. The largest absolute Gasteiger partial charge is 0.456 e. The average Bonchev–Trinajstić information content (AvgIpc) is 2.48. The molecule has 0 aliphatic rings. The fourth-order valence-electron chi connectivity index (χ4n) is 2.11. The van der Waals surface area contributed by atoms with E-state index in [0.717, 1.165) is 22.2 Å². The molecule has 0 spiro atoms. The number of fused-ring (bicyclic) bond motifs is 1. The fraction of sp³-hybridized carbons (Fsp3) is 0.0625. The van der Waals surface area contributed by atoms with Gasteiger partial charge in [-0.25, -0.2) is 0 Å². The Balaban J connectivity index is 2.08. The Bertz CT molecular complexity index is 753. The van der Waals surface area contributed by atoms with Crippen molar-refractivity contribution in [2.24, 2.45) is 5.73 Å². The lowest BCUT2D eigenvalue weighted by Crippen LogP contribution is -2.00. The molecule has 0 saturated carbocycles. The Morgan fingerprint density at radius 3 is 2.70 bits per heavy atom. The molecule has 4 heteroatoms. The second-order valence-electron chi connectivity index (χ2n) is 4.35.